The topological polar surface area (TPSA) is 185 Å². The summed E-state index contributed by atoms with van der Waals surface area (Å²) < 4.78 is 84.1. The minimum atomic E-state index is -5.09. The fourth-order valence-electron chi connectivity index (χ4n) is 8.17. The van der Waals surface area contributed by atoms with Crippen LogP contribution in [0.4, 0.5) is 18.0 Å². The Kier molecular flexibility index (Phi) is 12.0. The van der Waals surface area contributed by atoms with Crippen LogP contribution in [-0.4, -0.2) is 106 Å². The normalized spacial score (nSPS) is 28.9. The molecular formula is C40H52F3N5O9S. The Balaban J connectivity index is 1.40. The SMILES string of the molecule is CCCOc1ccc2c(O[C@@H]3C[C@H]4C(=O)N[C@]5(C(=O)NS(=O)(=O)C6CC6)C[C@H]5/C=C\CC[C@@H](C)C[C@@H](C)[C@H](N(C(=O)O)C(C)(C)C(F)(F)F)C(=O)N4C3)nccc2c1. The molecule has 3 N–H and O–H groups in total. The van der Waals surface area contributed by atoms with Gasteiger partial charge in [-0.3, -0.25) is 24.0 Å². The number of benzene rings is 1. The summed E-state index contributed by atoms with van der Waals surface area (Å²) in [6.07, 6.45) is -0.375. The average molecular weight is 836 g/mol. The molecule has 2 aromatic rings. The number of carboxylic acid groups (broad SMARTS) is 1. The Morgan fingerprint density at radius 3 is 2.50 bits per heavy atom. The van der Waals surface area contributed by atoms with Crippen LogP contribution in [0.15, 0.2) is 42.6 Å². The first-order valence-corrected chi connectivity index (χ1v) is 21.4. The first-order valence-electron chi connectivity index (χ1n) is 19.8. The molecule has 1 aromatic carbocycles. The molecule has 2 saturated carbocycles. The fraction of sp³-hybridized carbons (Fsp3) is 0.625. The number of nitrogens with one attached hydrogen (secondary N) is 2. The lowest BCUT2D eigenvalue weighted by atomic mass is 9.85. The molecule has 2 aliphatic carbocycles. The summed E-state index contributed by atoms with van der Waals surface area (Å²) >= 11 is 0. The smallest absolute Gasteiger partial charge is 0.411 e. The van der Waals surface area contributed by atoms with E-state index in [0.717, 1.165) is 16.7 Å². The summed E-state index contributed by atoms with van der Waals surface area (Å²) in [7, 11) is -4.02. The Hall–Kier alpha value is -4.61. The Labute approximate surface area is 335 Å². The van der Waals surface area contributed by atoms with E-state index < -0.39 is 86.4 Å². The number of nitrogens with zero attached hydrogens (tertiary/aromatic N) is 3. The molecule has 58 heavy (non-hydrogen) atoms. The summed E-state index contributed by atoms with van der Waals surface area (Å²) in [5.41, 5.74) is -4.72. The molecular weight excluding hydrogens is 784 g/mol. The van der Waals surface area contributed by atoms with E-state index in [1.807, 2.05) is 19.9 Å². The van der Waals surface area contributed by atoms with Crippen molar-refractivity contribution in [2.45, 2.75) is 127 Å². The van der Waals surface area contributed by atoms with E-state index in [4.69, 9.17) is 9.47 Å². The summed E-state index contributed by atoms with van der Waals surface area (Å²) in [4.78, 5) is 61.8. The van der Waals surface area contributed by atoms with Gasteiger partial charge in [-0.05, 0) is 100 Å². The summed E-state index contributed by atoms with van der Waals surface area (Å²) in [5.74, 6) is -3.78. The molecule has 0 unspecified atom stereocenters. The van der Waals surface area contributed by atoms with Gasteiger partial charge in [0.2, 0.25) is 27.7 Å². The molecule has 4 aliphatic rings. The Bertz CT molecular complexity index is 2060. The second-order valence-corrected chi connectivity index (χ2v) is 18.7. The van der Waals surface area contributed by atoms with E-state index in [1.165, 1.54) is 13.1 Å². The molecule has 2 aliphatic heterocycles. The van der Waals surface area contributed by atoms with Crippen LogP contribution >= 0.6 is 0 Å². The molecule has 3 fully saturated rings. The monoisotopic (exact) mass is 835 g/mol. The van der Waals surface area contributed by atoms with E-state index in [2.05, 4.69) is 15.0 Å². The minimum absolute atomic E-state index is 0.0630. The molecule has 0 spiro atoms. The number of carbonyl (C=O) groups is 4. The van der Waals surface area contributed by atoms with Crippen molar-refractivity contribution >= 4 is 44.6 Å². The lowest BCUT2D eigenvalue weighted by molar-refractivity contribution is -0.222. The third-order valence-electron chi connectivity index (χ3n) is 11.8. The highest BCUT2D eigenvalue weighted by atomic mass is 32.2. The maximum Gasteiger partial charge on any atom is 0.411 e. The third kappa shape index (κ3) is 8.71. The van der Waals surface area contributed by atoms with Gasteiger partial charge in [0, 0.05) is 23.9 Å². The predicted molar refractivity (Wildman–Crippen MR) is 206 cm³/mol. The van der Waals surface area contributed by atoms with Crippen LogP contribution in [0.5, 0.6) is 11.6 Å². The van der Waals surface area contributed by atoms with Gasteiger partial charge in [0.15, 0.2) is 0 Å². The van der Waals surface area contributed by atoms with E-state index >= 15 is 0 Å². The number of hydrogen-bond acceptors (Lipinski definition) is 9. The second kappa shape index (κ2) is 16.2. The number of ether oxygens (including phenoxy) is 2. The van der Waals surface area contributed by atoms with E-state index in [0.29, 0.717) is 57.3 Å². The van der Waals surface area contributed by atoms with Crippen LogP contribution in [0, 0.1) is 17.8 Å². The van der Waals surface area contributed by atoms with Crippen molar-refractivity contribution in [3.05, 3.63) is 42.6 Å². The van der Waals surface area contributed by atoms with Crippen molar-refractivity contribution in [1.82, 2.24) is 24.8 Å². The van der Waals surface area contributed by atoms with Gasteiger partial charge in [-0.25, -0.2) is 18.2 Å². The van der Waals surface area contributed by atoms with Crippen LogP contribution in [0.3, 0.4) is 0 Å². The van der Waals surface area contributed by atoms with Crippen LogP contribution in [-0.2, 0) is 24.4 Å². The van der Waals surface area contributed by atoms with E-state index in [-0.39, 0.29) is 42.5 Å². The molecule has 1 saturated heterocycles. The van der Waals surface area contributed by atoms with Crippen molar-refractivity contribution in [2.24, 2.45) is 17.8 Å². The number of allylic oxidation sites excluding steroid dienone is 1. The van der Waals surface area contributed by atoms with Crippen molar-refractivity contribution in [1.29, 1.82) is 0 Å². The van der Waals surface area contributed by atoms with Gasteiger partial charge in [0.05, 0.1) is 18.4 Å². The molecule has 0 bridgehead atoms. The van der Waals surface area contributed by atoms with Gasteiger partial charge < -0.3 is 24.8 Å². The van der Waals surface area contributed by atoms with Gasteiger partial charge in [0.1, 0.15) is 35.0 Å². The molecule has 18 heteroatoms. The first-order chi connectivity index (χ1) is 27.2. The maximum absolute atomic E-state index is 15.0. The van der Waals surface area contributed by atoms with E-state index in [9.17, 15) is 45.9 Å². The first kappa shape index (κ1) is 43.0. The molecule has 6 rings (SSSR count). The second-order valence-electron chi connectivity index (χ2n) is 16.8. The van der Waals surface area contributed by atoms with Gasteiger partial charge in [-0.2, -0.15) is 13.2 Å². The number of sulfonamides is 1. The number of alkyl halides is 3. The lowest BCUT2D eigenvalue weighted by Crippen LogP contribution is -2.66. The number of fused-ring (bicyclic) bond motifs is 3. The molecule has 0 radical (unpaired) electrons. The van der Waals surface area contributed by atoms with Gasteiger partial charge in [-0.1, -0.05) is 32.9 Å². The van der Waals surface area contributed by atoms with Crippen LogP contribution in [0.25, 0.3) is 10.8 Å². The van der Waals surface area contributed by atoms with Crippen LogP contribution < -0.4 is 19.5 Å². The van der Waals surface area contributed by atoms with Gasteiger partial charge in [-0.15, -0.1) is 0 Å². The fourth-order valence-corrected chi connectivity index (χ4v) is 9.54. The number of pyridine rings is 1. The third-order valence-corrected chi connectivity index (χ3v) is 13.6. The average Bonchev–Trinajstić information content (AvgIpc) is 4.07. The lowest BCUT2D eigenvalue weighted by Gasteiger charge is -2.45. The van der Waals surface area contributed by atoms with Crippen molar-refractivity contribution in [2.75, 3.05) is 13.2 Å². The molecule has 4 amide bonds. The van der Waals surface area contributed by atoms with Crippen LogP contribution in [0.1, 0.15) is 86.0 Å². The number of amides is 4. The number of carbonyl (C=O) groups excluding carboxylic acids is 3. The zero-order valence-corrected chi connectivity index (χ0v) is 34.1. The Morgan fingerprint density at radius 2 is 1.84 bits per heavy atom. The zero-order chi connectivity index (χ0) is 42.4. The van der Waals surface area contributed by atoms with E-state index in [1.54, 1.807) is 30.3 Å². The Morgan fingerprint density at radius 1 is 1.12 bits per heavy atom. The molecule has 14 nitrogen and oxygen atoms in total. The molecule has 1 aromatic heterocycles. The predicted octanol–water partition coefficient (Wildman–Crippen LogP) is 5.56. The highest BCUT2D eigenvalue weighted by molar-refractivity contribution is 7.91. The van der Waals surface area contributed by atoms with Gasteiger partial charge in [0.25, 0.3) is 5.91 Å². The van der Waals surface area contributed by atoms with Crippen molar-refractivity contribution < 1.29 is 55.3 Å². The van der Waals surface area contributed by atoms with Crippen LogP contribution in [0.2, 0.25) is 0 Å². The molecule has 318 valence electrons. The largest absolute Gasteiger partial charge is 0.494 e. The zero-order valence-electron chi connectivity index (χ0n) is 33.3. The van der Waals surface area contributed by atoms with Crippen molar-refractivity contribution in [3.63, 3.8) is 0 Å². The quantitative estimate of drug-likeness (QED) is 0.256. The highest BCUT2D eigenvalue weighted by Crippen LogP contribution is 2.47. The maximum atomic E-state index is 15.0. The van der Waals surface area contributed by atoms with Gasteiger partial charge >= 0.3 is 12.3 Å². The number of rotatable bonds is 10. The summed E-state index contributed by atoms with van der Waals surface area (Å²) in [6.45, 7) is 6.91. The minimum Gasteiger partial charge on any atom is -0.494 e. The summed E-state index contributed by atoms with van der Waals surface area (Å²) in [5, 5.41) is 13.8. The summed E-state index contributed by atoms with van der Waals surface area (Å²) in [6, 6.07) is 3.69. The number of halogens is 3. The number of hydrogen-bond donors (Lipinski definition) is 3. The highest BCUT2D eigenvalue weighted by Gasteiger charge is 2.63. The van der Waals surface area contributed by atoms with Crippen molar-refractivity contribution in [3.8, 4) is 11.6 Å². The molecule has 3 heterocycles. The standard InChI is InChI=1S/C40H52F3N5O9S/c1-6-17-56-27-11-14-30-25(19-27)15-16-44-34(30)57-28-20-31-33(49)45-39(36(51)46-58(54,55)29-12-13-29)21-26(39)10-8-7-9-23(2)18-24(3)32(35(50)47(31)22-28)48(37(52)53)38(4,5)40(41,42)43/h8,10-11,14-16,19,23-24,26,28-29,31-32H,6-7,9,12-13,17-18,20-22H2,1-5H3,(H,45,49)(H,46,51)(H,52,53)/b10-8-/t23-,24-,26-,28-,31+,32+,39-/m1/s1. The molecule has 7 atom stereocenters. The number of aromatic nitrogens is 1.